The number of nitrogens with two attached hydrogens (primary N) is 1. The summed E-state index contributed by atoms with van der Waals surface area (Å²) in [6.45, 7) is 1.59. The summed E-state index contributed by atoms with van der Waals surface area (Å²) in [5, 5.41) is 5.01. The minimum absolute atomic E-state index is 0.0197. The summed E-state index contributed by atoms with van der Waals surface area (Å²) >= 11 is 0. The lowest BCUT2D eigenvalue weighted by molar-refractivity contribution is -0.130. The van der Waals surface area contributed by atoms with E-state index in [-0.39, 0.29) is 17.4 Å². The molecule has 1 amide bonds. The summed E-state index contributed by atoms with van der Waals surface area (Å²) in [5.74, 6) is 0.280. The molecule has 0 spiro atoms. The van der Waals surface area contributed by atoms with Crippen molar-refractivity contribution in [2.75, 3.05) is 20.7 Å². The highest BCUT2D eigenvalue weighted by molar-refractivity contribution is 7.89. The van der Waals surface area contributed by atoms with E-state index in [4.69, 9.17) is 9.88 Å². The summed E-state index contributed by atoms with van der Waals surface area (Å²) in [5.41, 5.74) is 0.605. The maximum Gasteiger partial charge on any atom is 0.259 e. The van der Waals surface area contributed by atoms with Gasteiger partial charge < -0.3 is 9.64 Å². The van der Waals surface area contributed by atoms with Crippen LogP contribution in [0.15, 0.2) is 23.1 Å². The van der Waals surface area contributed by atoms with E-state index in [1.165, 1.54) is 23.1 Å². The Bertz CT molecular complexity index is 552. The van der Waals surface area contributed by atoms with Gasteiger partial charge in [0.15, 0.2) is 6.61 Å². The van der Waals surface area contributed by atoms with Crippen molar-refractivity contribution in [3.63, 3.8) is 0 Å². The highest BCUT2D eigenvalue weighted by atomic mass is 32.2. The van der Waals surface area contributed by atoms with Gasteiger partial charge in [-0.1, -0.05) is 0 Å². The van der Waals surface area contributed by atoms with E-state index in [0.717, 1.165) is 0 Å². The van der Waals surface area contributed by atoms with Gasteiger partial charge in [-0.2, -0.15) is 0 Å². The van der Waals surface area contributed by atoms with Crippen molar-refractivity contribution in [3.8, 4) is 5.75 Å². The highest BCUT2D eigenvalue weighted by Gasteiger charge is 2.11. The Morgan fingerprint density at radius 3 is 2.44 bits per heavy atom. The van der Waals surface area contributed by atoms with Crippen molar-refractivity contribution in [1.82, 2.24) is 4.90 Å². The SMILES string of the molecule is Cc1cc(S(N)(=O)=O)ccc1OCC(=O)N(C)C. The average Bonchev–Trinajstić information content (AvgIpc) is 2.25. The van der Waals surface area contributed by atoms with E-state index in [1.54, 1.807) is 21.0 Å². The average molecular weight is 272 g/mol. The highest BCUT2D eigenvalue weighted by Crippen LogP contribution is 2.21. The number of benzene rings is 1. The molecule has 0 aliphatic rings. The first-order chi connectivity index (χ1) is 8.21. The Balaban J connectivity index is 2.84. The zero-order chi connectivity index (χ0) is 13.9. The van der Waals surface area contributed by atoms with Crippen molar-refractivity contribution in [1.29, 1.82) is 0 Å². The van der Waals surface area contributed by atoms with Gasteiger partial charge >= 0.3 is 0 Å². The van der Waals surface area contributed by atoms with Crippen LogP contribution in [-0.2, 0) is 14.8 Å². The van der Waals surface area contributed by atoms with Crippen LogP contribution in [0.1, 0.15) is 5.56 Å². The fourth-order valence-electron chi connectivity index (χ4n) is 1.23. The molecule has 0 aliphatic heterocycles. The van der Waals surface area contributed by atoms with E-state index in [1.807, 2.05) is 0 Å². The number of rotatable bonds is 4. The van der Waals surface area contributed by atoms with Crippen LogP contribution < -0.4 is 9.88 Å². The molecule has 0 heterocycles. The molecule has 0 saturated carbocycles. The number of sulfonamides is 1. The van der Waals surface area contributed by atoms with E-state index in [2.05, 4.69) is 0 Å². The first kappa shape index (κ1) is 14.5. The molecule has 6 nitrogen and oxygen atoms in total. The lowest BCUT2D eigenvalue weighted by atomic mass is 10.2. The van der Waals surface area contributed by atoms with E-state index < -0.39 is 10.0 Å². The second kappa shape index (κ2) is 5.36. The molecule has 2 N–H and O–H groups in total. The Morgan fingerprint density at radius 2 is 2.00 bits per heavy atom. The van der Waals surface area contributed by atoms with Gasteiger partial charge in [0.05, 0.1) is 4.90 Å². The molecule has 0 fully saturated rings. The minimum Gasteiger partial charge on any atom is -0.483 e. The molecule has 7 heteroatoms. The van der Waals surface area contributed by atoms with Gasteiger partial charge in [-0.15, -0.1) is 0 Å². The number of carbonyl (C=O) groups is 1. The lowest BCUT2D eigenvalue weighted by Gasteiger charge is -2.13. The predicted octanol–water partition coefficient (Wildman–Crippen LogP) is 0.109. The fraction of sp³-hybridized carbons (Fsp3) is 0.364. The number of amides is 1. The van der Waals surface area contributed by atoms with E-state index >= 15 is 0 Å². The number of carbonyl (C=O) groups excluding carboxylic acids is 1. The maximum atomic E-state index is 11.3. The van der Waals surface area contributed by atoms with Crippen LogP contribution in [-0.4, -0.2) is 39.9 Å². The number of hydrogen-bond acceptors (Lipinski definition) is 4. The summed E-state index contributed by atoms with van der Waals surface area (Å²) in [6.07, 6.45) is 0. The first-order valence-electron chi connectivity index (χ1n) is 5.18. The van der Waals surface area contributed by atoms with Crippen LogP contribution in [0.25, 0.3) is 0 Å². The third-order valence-electron chi connectivity index (χ3n) is 2.32. The molecular weight excluding hydrogens is 256 g/mol. The number of aryl methyl sites for hydroxylation is 1. The third kappa shape index (κ3) is 3.71. The quantitative estimate of drug-likeness (QED) is 0.842. The largest absolute Gasteiger partial charge is 0.483 e. The Hall–Kier alpha value is -1.60. The topological polar surface area (TPSA) is 89.7 Å². The van der Waals surface area contributed by atoms with Gasteiger partial charge in [0, 0.05) is 14.1 Å². The number of likely N-dealkylation sites (N-methyl/N-ethyl adjacent to an activating group) is 1. The molecule has 0 atom stereocenters. The van der Waals surface area contributed by atoms with Gasteiger partial charge in [-0.05, 0) is 30.7 Å². The lowest BCUT2D eigenvalue weighted by Crippen LogP contribution is -2.27. The number of hydrogen-bond donors (Lipinski definition) is 1. The summed E-state index contributed by atoms with van der Waals surface area (Å²) in [7, 11) is -0.462. The minimum atomic E-state index is -3.72. The Kier molecular flexibility index (Phi) is 4.31. The maximum absolute atomic E-state index is 11.3. The molecule has 18 heavy (non-hydrogen) atoms. The van der Waals surface area contributed by atoms with Gasteiger partial charge in [0.1, 0.15) is 5.75 Å². The molecule has 1 aromatic carbocycles. The standard InChI is InChI=1S/C11H16N2O4S/c1-8-6-9(18(12,15)16)4-5-10(8)17-7-11(14)13(2)3/h4-6H,7H2,1-3H3,(H2,12,15,16). The molecule has 0 aliphatic carbocycles. The van der Waals surface area contributed by atoms with Crippen LogP contribution in [0.5, 0.6) is 5.75 Å². The Morgan fingerprint density at radius 1 is 1.39 bits per heavy atom. The van der Waals surface area contributed by atoms with Gasteiger partial charge in [0.2, 0.25) is 10.0 Å². The Labute approximate surface area is 106 Å². The fourth-order valence-corrected chi connectivity index (χ4v) is 1.83. The van der Waals surface area contributed by atoms with Gasteiger partial charge in [0.25, 0.3) is 5.91 Å². The molecule has 0 unspecified atom stereocenters. The van der Waals surface area contributed by atoms with Gasteiger partial charge in [-0.3, -0.25) is 4.79 Å². The first-order valence-corrected chi connectivity index (χ1v) is 6.73. The van der Waals surface area contributed by atoms with Crippen molar-refractivity contribution in [2.24, 2.45) is 5.14 Å². The predicted molar refractivity (Wildman–Crippen MR) is 66.7 cm³/mol. The number of primary sulfonamides is 1. The van der Waals surface area contributed by atoms with Crippen LogP contribution >= 0.6 is 0 Å². The van der Waals surface area contributed by atoms with E-state index in [9.17, 15) is 13.2 Å². The second-order valence-corrected chi connectivity index (χ2v) is 5.61. The van der Waals surface area contributed by atoms with Crippen LogP contribution in [0.4, 0.5) is 0 Å². The number of nitrogens with zero attached hydrogens (tertiary/aromatic N) is 1. The molecule has 0 saturated heterocycles. The van der Waals surface area contributed by atoms with Crippen LogP contribution in [0, 0.1) is 6.92 Å². The van der Waals surface area contributed by atoms with Crippen LogP contribution in [0.3, 0.4) is 0 Å². The van der Waals surface area contributed by atoms with E-state index in [0.29, 0.717) is 11.3 Å². The molecule has 0 radical (unpaired) electrons. The molecule has 0 bridgehead atoms. The van der Waals surface area contributed by atoms with Gasteiger partial charge in [-0.25, -0.2) is 13.6 Å². The third-order valence-corrected chi connectivity index (χ3v) is 3.24. The normalized spacial score (nSPS) is 11.1. The summed E-state index contributed by atoms with van der Waals surface area (Å²) in [6, 6.07) is 4.24. The van der Waals surface area contributed by atoms with Crippen molar-refractivity contribution < 1.29 is 17.9 Å². The molecule has 100 valence electrons. The van der Waals surface area contributed by atoms with Crippen LogP contribution in [0.2, 0.25) is 0 Å². The zero-order valence-electron chi connectivity index (χ0n) is 10.5. The van der Waals surface area contributed by atoms with Crippen molar-refractivity contribution >= 4 is 15.9 Å². The monoisotopic (exact) mass is 272 g/mol. The summed E-state index contributed by atoms with van der Waals surface area (Å²) < 4.78 is 27.6. The van der Waals surface area contributed by atoms with Crippen molar-refractivity contribution in [2.45, 2.75) is 11.8 Å². The smallest absolute Gasteiger partial charge is 0.259 e. The summed E-state index contributed by atoms with van der Waals surface area (Å²) in [4.78, 5) is 12.8. The molecule has 0 aromatic heterocycles. The zero-order valence-corrected chi connectivity index (χ0v) is 11.3. The molecule has 1 rings (SSSR count). The van der Waals surface area contributed by atoms with Crippen molar-refractivity contribution in [3.05, 3.63) is 23.8 Å². The second-order valence-electron chi connectivity index (χ2n) is 4.05. The number of ether oxygens (including phenoxy) is 1. The molecular formula is C11H16N2O4S. The molecule has 1 aromatic rings.